The third-order valence-electron chi connectivity index (χ3n) is 2.83. The normalized spacial score (nSPS) is 16.1. The number of rotatable bonds is 4. The minimum atomic E-state index is -0.401. The predicted molar refractivity (Wildman–Crippen MR) is 69.8 cm³/mol. The number of aliphatic hydroxyl groups excluding tert-OH is 1. The Morgan fingerprint density at radius 3 is 2.50 bits per heavy atom. The number of hydrogen-bond donors (Lipinski definition) is 1. The highest BCUT2D eigenvalue weighted by Crippen LogP contribution is 2.29. The van der Waals surface area contributed by atoms with Gasteiger partial charge in [-0.15, -0.1) is 11.3 Å². The first-order valence-electron chi connectivity index (χ1n) is 5.98. The Balaban J connectivity index is 2.71. The molecule has 0 radical (unpaired) electrons. The lowest BCUT2D eigenvalue weighted by molar-refractivity contribution is 0.142. The highest BCUT2D eigenvalue weighted by atomic mass is 32.1. The summed E-state index contributed by atoms with van der Waals surface area (Å²) in [5, 5.41) is 13.1. The van der Waals surface area contributed by atoms with Gasteiger partial charge in [0.25, 0.3) is 0 Å². The monoisotopic (exact) mass is 241 g/mol. The van der Waals surface area contributed by atoms with Gasteiger partial charge in [0.2, 0.25) is 0 Å². The molecule has 2 atom stereocenters. The van der Waals surface area contributed by atoms with Gasteiger partial charge in [-0.2, -0.15) is 0 Å². The molecular weight excluding hydrogens is 218 g/mol. The van der Waals surface area contributed by atoms with Crippen molar-refractivity contribution >= 4 is 11.3 Å². The third kappa shape index (κ3) is 3.56. The van der Waals surface area contributed by atoms with E-state index in [1.54, 1.807) is 11.3 Å². The molecule has 0 bridgehead atoms. The van der Waals surface area contributed by atoms with Crippen molar-refractivity contribution in [1.82, 2.24) is 4.98 Å². The van der Waals surface area contributed by atoms with E-state index in [2.05, 4.69) is 39.6 Å². The van der Waals surface area contributed by atoms with E-state index in [4.69, 9.17) is 0 Å². The van der Waals surface area contributed by atoms with E-state index in [1.807, 2.05) is 5.38 Å². The van der Waals surface area contributed by atoms with Crippen molar-refractivity contribution in [3.8, 4) is 0 Å². The van der Waals surface area contributed by atoms with Gasteiger partial charge in [-0.1, -0.05) is 41.0 Å². The smallest absolute Gasteiger partial charge is 0.0983 e. The van der Waals surface area contributed by atoms with E-state index in [0.717, 1.165) is 23.5 Å². The molecule has 2 unspecified atom stereocenters. The first kappa shape index (κ1) is 13.7. The molecule has 0 spiro atoms. The van der Waals surface area contributed by atoms with Gasteiger partial charge in [0.15, 0.2) is 0 Å². The lowest BCUT2D eigenvalue weighted by atomic mass is 9.97. The van der Waals surface area contributed by atoms with Crippen LogP contribution in [0.2, 0.25) is 0 Å². The summed E-state index contributed by atoms with van der Waals surface area (Å²) in [6, 6.07) is 0. The van der Waals surface area contributed by atoms with Crippen molar-refractivity contribution in [2.75, 3.05) is 0 Å². The molecule has 1 heterocycles. The molecule has 2 nitrogen and oxygen atoms in total. The fraction of sp³-hybridized carbons (Fsp3) is 0.769. The van der Waals surface area contributed by atoms with E-state index in [-0.39, 0.29) is 5.41 Å². The summed E-state index contributed by atoms with van der Waals surface area (Å²) in [5.41, 5.74) is 0.925. The maximum atomic E-state index is 10.0. The van der Waals surface area contributed by atoms with Gasteiger partial charge >= 0.3 is 0 Å². The Bertz CT molecular complexity index is 327. The quantitative estimate of drug-likeness (QED) is 0.867. The molecule has 3 heteroatoms. The van der Waals surface area contributed by atoms with Crippen LogP contribution in [0.4, 0.5) is 0 Å². The van der Waals surface area contributed by atoms with E-state index < -0.39 is 6.10 Å². The van der Waals surface area contributed by atoms with Crippen LogP contribution >= 0.6 is 11.3 Å². The molecule has 1 rings (SSSR count). The molecule has 0 aliphatic carbocycles. The Labute approximate surface area is 103 Å². The Hall–Kier alpha value is -0.410. The van der Waals surface area contributed by atoms with Crippen LogP contribution in [0.5, 0.6) is 0 Å². The van der Waals surface area contributed by atoms with Crippen LogP contribution in [0.25, 0.3) is 0 Å². The zero-order valence-electron chi connectivity index (χ0n) is 10.9. The van der Waals surface area contributed by atoms with Crippen molar-refractivity contribution in [2.45, 2.75) is 59.0 Å². The molecule has 0 aliphatic heterocycles. The number of aromatic nitrogens is 1. The molecule has 1 aromatic heterocycles. The van der Waals surface area contributed by atoms with Gasteiger partial charge in [-0.05, 0) is 12.3 Å². The van der Waals surface area contributed by atoms with Gasteiger partial charge in [-0.3, -0.25) is 0 Å². The molecule has 16 heavy (non-hydrogen) atoms. The molecule has 1 aromatic rings. The summed E-state index contributed by atoms with van der Waals surface area (Å²) in [6.07, 6.45) is 1.51. The lowest BCUT2D eigenvalue weighted by Gasteiger charge is -2.15. The second-order valence-electron chi connectivity index (χ2n) is 5.59. The van der Waals surface area contributed by atoms with Crippen LogP contribution in [0.15, 0.2) is 5.38 Å². The first-order chi connectivity index (χ1) is 7.34. The summed E-state index contributed by atoms with van der Waals surface area (Å²) in [6.45, 7) is 10.8. The van der Waals surface area contributed by atoms with Gasteiger partial charge in [0.05, 0.1) is 16.8 Å². The van der Waals surface area contributed by atoms with Crippen molar-refractivity contribution in [3.05, 3.63) is 16.1 Å². The van der Waals surface area contributed by atoms with Gasteiger partial charge in [0.1, 0.15) is 0 Å². The molecular formula is C13H23NOS. The standard InChI is InChI=1S/C13H23NOS/c1-6-9(2)7-11(15)10-8-16-12(14-10)13(3,4)5/h8-9,11,15H,6-7H2,1-5H3. The molecule has 0 saturated heterocycles. The van der Waals surface area contributed by atoms with Crippen LogP contribution in [-0.4, -0.2) is 10.1 Å². The maximum absolute atomic E-state index is 10.0. The van der Waals surface area contributed by atoms with Gasteiger partial charge < -0.3 is 5.11 Å². The average molecular weight is 241 g/mol. The minimum Gasteiger partial charge on any atom is -0.387 e. The Morgan fingerprint density at radius 1 is 1.44 bits per heavy atom. The molecule has 0 aromatic carbocycles. The van der Waals surface area contributed by atoms with E-state index in [0.29, 0.717) is 5.92 Å². The van der Waals surface area contributed by atoms with Crippen LogP contribution in [-0.2, 0) is 5.41 Å². The lowest BCUT2D eigenvalue weighted by Crippen LogP contribution is -2.11. The van der Waals surface area contributed by atoms with Crippen molar-refractivity contribution in [1.29, 1.82) is 0 Å². The maximum Gasteiger partial charge on any atom is 0.0983 e. The fourth-order valence-electron chi connectivity index (χ4n) is 1.45. The van der Waals surface area contributed by atoms with Crippen LogP contribution in [0.3, 0.4) is 0 Å². The number of hydrogen-bond acceptors (Lipinski definition) is 3. The van der Waals surface area contributed by atoms with Crippen LogP contribution < -0.4 is 0 Å². The van der Waals surface area contributed by atoms with Crippen molar-refractivity contribution in [2.24, 2.45) is 5.92 Å². The van der Waals surface area contributed by atoms with Crippen LogP contribution in [0, 0.1) is 5.92 Å². The van der Waals surface area contributed by atoms with Crippen LogP contribution in [0.1, 0.15) is 64.3 Å². The zero-order chi connectivity index (χ0) is 12.3. The van der Waals surface area contributed by atoms with E-state index in [1.165, 1.54) is 0 Å². The number of aliphatic hydroxyl groups is 1. The summed E-state index contributed by atoms with van der Waals surface area (Å²) in [7, 11) is 0. The molecule has 92 valence electrons. The first-order valence-corrected chi connectivity index (χ1v) is 6.86. The SMILES string of the molecule is CCC(C)CC(O)c1csc(C(C)(C)C)n1. The predicted octanol–water partition coefficient (Wildman–Crippen LogP) is 3.91. The third-order valence-corrected chi connectivity index (χ3v) is 4.11. The van der Waals surface area contributed by atoms with Crippen molar-refractivity contribution < 1.29 is 5.11 Å². The topological polar surface area (TPSA) is 33.1 Å². The zero-order valence-corrected chi connectivity index (χ0v) is 11.8. The summed E-state index contributed by atoms with van der Waals surface area (Å²) < 4.78 is 0. The molecule has 1 N–H and O–H groups in total. The molecule has 0 fully saturated rings. The van der Waals surface area contributed by atoms with E-state index >= 15 is 0 Å². The molecule has 0 amide bonds. The Morgan fingerprint density at radius 2 is 2.06 bits per heavy atom. The summed E-state index contributed by atoms with van der Waals surface area (Å²) in [4.78, 5) is 4.54. The van der Waals surface area contributed by atoms with Gasteiger partial charge in [-0.25, -0.2) is 4.98 Å². The molecule has 0 saturated carbocycles. The van der Waals surface area contributed by atoms with E-state index in [9.17, 15) is 5.11 Å². The second kappa shape index (κ2) is 5.28. The summed E-state index contributed by atoms with van der Waals surface area (Å²) >= 11 is 1.65. The van der Waals surface area contributed by atoms with Crippen molar-refractivity contribution in [3.63, 3.8) is 0 Å². The number of nitrogens with zero attached hydrogens (tertiary/aromatic N) is 1. The highest BCUT2D eigenvalue weighted by Gasteiger charge is 2.21. The Kier molecular flexibility index (Phi) is 4.51. The summed E-state index contributed by atoms with van der Waals surface area (Å²) in [5.74, 6) is 0.551. The van der Waals surface area contributed by atoms with Gasteiger partial charge in [0, 0.05) is 10.8 Å². The number of thiazole rings is 1. The largest absolute Gasteiger partial charge is 0.387 e. The minimum absolute atomic E-state index is 0.0824. The highest BCUT2D eigenvalue weighted by molar-refractivity contribution is 7.09. The second-order valence-corrected chi connectivity index (χ2v) is 6.45. The fourth-order valence-corrected chi connectivity index (χ4v) is 2.41. The average Bonchev–Trinajstić information content (AvgIpc) is 2.65. The molecule has 0 aliphatic rings.